The zero-order chi connectivity index (χ0) is 20.9. The average molecular weight is 515 g/mol. The van der Waals surface area contributed by atoms with Gasteiger partial charge in [-0.05, 0) is 78.4 Å². The maximum atomic E-state index is 12.6. The maximum absolute atomic E-state index is 12.6. The van der Waals surface area contributed by atoms with Crippen LogP contribution in [-0.2, 0) is 14.8 Å². The summed E-state index contributed by atoms with van der Waals surface area (Å²) in [4.78, 5) is 12.6. The summed E-state index contributed by atoms with van der Waals surface area (Å²) in [6, 6.07) is 13.1. The first-order valence-corrected chi connectivity index (χ1v) is 11.3. The molecule has 0 aliphatic rings. The highest BCUT2D eigenvalue weighted by atomic mass is 127. The Labute approximate surface area is 179 Å². The molecular weight excluding hydrogens is 493 g/mol. The quantitative estimate of drug-likeness (QED) is 0.349. The number of hydrazone groups is 1. The van der Waals surface area contributed by atoms with Gasteiger partial charge in [0.2, 0.25) is 10.0 Å². The number of halogens is 1. The molecule has 0 aliphatic carbocycles. The molecule has 1 amide bonds. The third-order valence-corrected chi connectivity index (χ3v) is 5.90. The number of hydrogen-bond donors (Lipinski definition) is 1. The van der Waals surface area contributed by atoms with E-state index < -0.39 is 22.0 Å². The number of benzene rings is 2. The van der Waals surface area contributed by atoms with Crippen LogP contribution in [0.15, 0.2) is 53.6 Å². The lowest BCUT2D eigenvalue weighted by Gasteiger charge is -2.27. The smallest absolute Gasteiger partial charge is 0.263 e. The summed E-state index contributed by atoms with van der Waals surface area (Å²) in [7, 11) is -2.17. The summed E-state index contributed by atoms with van der Waals surface area (Å²) in [6.07, 6.45) is 1.06. The molecule has 0 fully saturated rings. The Morgan fingerprint density at radius 3 is 2.39 bits per heavy atom. The van der Waals surface area contributed by atoms with Crippen molar-refractivity contribution in [2.24, 2.45) is 5.10 Å². The van der Waals surface area contributed by atoms with Gasteiger partial charge in [0.1, 0.15) is 11.8 Å². The molecule has 0 saturated heterocycles. The average Bonchev–Trinajstić information content (AvgIpc) is 2.65. The van der Waals surface area contributed by atoms with Gasteiger partial charge in [0.05, 0.1) is 24.8 Å². The van der Waals surface area contributed by atoms with Crippen LogP contribution < -0.4 is 14.5 Å². The van der Waals surface area contributed by atoms with Gasteiger partial charge in [-0.3, -0.25) is 9.10 Å². The lowest BCUT2D eigenvalue weighted by atomic mass is 10.1. The van der Waals surface area contributed by atoms with Crippen LogP contribution in [0.2, 0.25) is 0 Å². The minimum atomic E-state index is -3.70. The highest BCUT2D eigenvalue weighted by Gasteiger charge is 2.29. The molecule has 1 atom stereocenters. The van der Waals surface area contributed by atoms with E-state index in [9.17, 15) is 13.2 Å². The van der Waals surface area contributed by atoms with Gasteiger partial charge in [0, 0.05) is 3.57 Å². The van der Waals surface area contributed by atoms with E-state index in [4.69, 9.17) is 4.74 Å². The van der Waals surface area contributed by atoms with Crippen LogP contribution in [-0.4, -0.2) is 39.4 Å². The molecule has 0 radical (unpaired) electrons. The van der Waals surface area contributed by atoms with Crippen LogP contribution in [0.25, 0.3) is 0 Å². The fraction of sp³-hybridized carbons (Fsp3) is 0.263. The molecule has 2 rings (SSSR count). The van der Waals surface area contributed by atoms with E-state index in [-0.39, 0.29) is 0 Å². The van der Waals surface area contributed by atoms with Crippen molar-refractivity contribution in [1.29, 1.82) is 0 Å². The van der Waals surface area contributed by atoms with Crippen LogP contribution in [0.1, 0.15) is 19.4 Å². The summed E-state index contributed by atoms with van der Waals surface area (Å²) in [5, 5.41) is 4.11. The van der Waals surface area contributed by atoms with Gasteiger partial charge >= 0.3 is 0 Å². The Kier molecular flexibility index (Phi) is 7.41. The fourth-order valence-electron chi connectivity index (χ4n) is 2.55. The fourth-order valence-corrected chi connectivity index (χ4v) is 4.27. The Morgan fingerprint density at radius 1 is 1.21 bits per heavy atom. The van der Waals surface area contributed by atoms with E-state index in [1.54, 1.807) is 31.2 Å². The summed E-state index contributed by atoms with van der Waals surface area (Å²) in [6.45, 7) is 3.28. The molecule has 28 heavy (non-hydrogen) atoms. The first-order chi connectivity index (χ1) is 13.1. The lowest BCUT2D eigenvalue weighted by Crippen LogP contribution is -2.46. The van der Waals surface area contributed by atoms with Crippen molar-refractivity contribution in [3.05, 3.63) is 57.7 Å². The maximum Gasteiger partial charge on any atom is 0.263 e. The number of methoxy groups -OCH3 is 1. The van der Waals surface area contributed by atoms with Crippen LogP contribution in [0.5, 0.6) is 5.75 Å². The van der Waals surface area contributed by atoms with E-state index in [2.05, 4.69) is 33.1 Å². The number of anilines is 1. The zero-order valence-corrected chi connectivity index (χ0v) is 19.0. The second kappa shape index (κ2) is 9.37. The summed E-state index contributed by atoms with van der Waals surface area (Å²) in [5.74, 6) is 0.0539. The summed E-state index contributed by atoms with van der Waals surface area (Å²) >= 11 is 2.20. The van der Waals surface area contributed by atoms with Gasteiger partial charge < -0.3 is 4.74 Å². The molecule has 2 aromatic carbocycles. The molecule has 0 aromatic heterocycles. The van der Waals surface area contributed by atoms with Crippen molar-refractivity contribution in [1.82, 2.24) is 5.43 Å². The molecule has 0 bridgehead atoms. The van der Waals surface area contributed by atoms with Gasteiger partial charge in [-0.2, -0.15) is 5.10 Å². The molecule has 0 saturated carbocycles. The Bertz CT molecular complexity index is 975. The first-order valence-electron chi connectivity index (χ1n) is 8.37. The highest BCUT2D eigenvalue weighted by Crippen LogP contribution is 2.23. The van der Waals surface area contributed by atoms with E-state index in [1.165, 1.54) is 14.0 Å². The number of amides is 1. The molecule has 0 aliphatic heterocycles. The monoisotopic (exact) mass is 515 g/mol. The van der Waals surface area contributed by atoms with E-state index in [0.29, 0.717) is 17.1 Å². The number of carbonyl (C=O) groups is 1. The Morgan fingerprint density at radius 2 is 1.86 bits per heavy atom. The predicted molar refractivity (Wildman–Crippen MR) is 119 cm³/mol. The number of nitrogens with one attached hydrogen (secondary N) is 1. The number of nitrogens with zero attached hydrogens (tertiary/aromatic N) is 2. The molecule has 0 heterocycles. The topological polar surface area (TPSA) is 88.1 Å². The van der Waals surface area contributed by atoms with E-state index >= 15 is 0 Å². The van der Waals surface area contributed by atoms with Crippen LogP contribution >= 0.6 is 22.6 Å². The molecule has 9 heteroatoms. The molecule has 150 valence electrons. The van der Waals surface area contributed by atoms with Gasteiger partial charge in [-0.1, -0.05) is 12.1 Å². The van der Waals surface area contributed by atoms with E-state index in [1.807, 2.05) is 24.3 Å². The van der Waals surface area contributed by atoms with Crippen LogP contribution in [0.4, 0.5) is 5.69 Å². The van der Waals surface area contributed by atoms with Gasteiger partial charge in [0.25, 0.3) is 5.91 Å². The minimum Gasteiger partial charge on any atom is -0.497 e. The van der Waals surface area contributed by atoms with Crippen molar-refractivity contribution >= 4 is 49.9 Å². The number of hydrogen-bond acceptors (Lipinski definition) is 5. The summed E-state index contributed by atoms with van der Waals surface area (Å²) in [5.41, 5.74) is 4.32. The molecular formula is C19H22IN3O4S. The number of rotatable bonds is 7. The van der Waals surface area contributed by atoms with Gasteiger partial charge in [-0.25, -0.2) is 13.8 Å². The van der Waals surface area contributed by atoms with Crippen LogP contribution in [0, 0.1) is 3.57 Å². The molecule has 1 N–H and O–H groups in total. The normalized spacial score (nSPS) is 13.0. The molecule has 2 aromatic rings. The van der Waals surface area contributed by atoms with Crippen LogP contribution in [0.3, 0.4) is 0 Å². The Balaban J connectivity index is 2.22. The second-order valence-electron chi connectivity index (χ2n) is 6.12. The predicted octanol–water partition coefficient (Wildman–Crippen LogP) is 2.99. The standard InChI is InChI=1S/C19H22IN3O4S/c1-13(15-6-5-7-16(20)12-15)21-22-19(24)14(2)23(28(4,25)26)17-8-10-18(27-3)11-9-17/h5-12,14H,1-4H3,(H,22,24)/b21-13-/t14-/m0/s1. The zero-order valence-electron chi connectivity index (χ0n) is 16.0. The third kappa shape index (κ3) is 5.68. The molecule has 0 unspecified atom stereocenters. The minimum absolute atomic E-state index is 0.365. The highest BCUT2D eigenvalue weighted by molar-refractivity contribution is 14.1. The SMILES string of the molecule is COc1ccc(N([C@@H](C)C(=O)N/N=C(/C)c2cccc(I)c2)S(C)(=O)=O)cc1. The third-order valence-electron chi connectivity index (χ3n) is 3.99. The van der Waals surface area contributed by atoms with Gasteiger partial charge in [0.15, 0.2) is 0 Å². The van der Waals surface area contributed by atoms with Crippen molar-refractivity contribution in [2.45, 2.75) is 19.9 Å². The van der Waals surface area contributed by atoms with E-state index in [0.717, 1.165) is 19.7 Å². The van der Waals surface area contributed by atoms with Crippen molar-refractivity contribution in [3.8, 4) is 5.75 Å². The second-order valence-corrected chi connectivity index (χ2v) is 9.22. The van der Waals surface area contributed by atoms with Crippen molar-refractivity contribution in [3.63, 3.8) is 0 Å². The van der Waals surface area contributed by atoms with Gasteiger partial charge in [-0.15, -0.1) is 0 Å². The number of carbonyl (C=O) groups excluding carboxylic acids is 1. The molecule has 7 nitrogen and oxygen atoms in total. The Hall–Kier alpha value is -2.14. The van der Waals surface area contributed by atoms with Crippen molar-refractivity contribution in [2.75, 3.05) is 17.7 Å². The largest absolute Gasteiger partial charge is 0.497 e. The number of ether oxygens (including phenoxy) is 1. The molecule has 0 spiro atoms. The number of sulfonamides is 1. The first kappa shape index (κ1) is 22.2. The summed E-state index contributed by atoms with van der Waals surface area (Å²) < 4.78 is 31.8. The van der Waals surface area contributed by atoms with Crippen molar-refractivity contribution < 1.29 is 17.9 Å². The lowest BCUT2D eigenvalue weighted by molar-refractivity contribution is -0.121.